The second-order valence-corrected chi connectivity index (χ2v) is 8.47. The summed E-state index contributed by atoms with van der Waals surface area (Å²) >= 11 is 6.19. The van der Waals surface area contributed by atoms with Gasteiger partial charge in [0.2, 0.25) is 5.82 Å². The van der Waals surface area contributed by atoms with E-state index in [1.807, 2.05) is 24.3 Å². The Morgan fingerprint density at radius 3 is 2.58 bits per heavy atom. The summed E-state index contributed by atoms with van der Waals surface area (Å²) in [6, 6.07) is 12.1. The van der Waals surface area contributed by atoms with Crippen LogP contribution in [0.3, 0.4) is 0 Å². The number of aromatic nitrogens is 2. The van der Waals surface area contributed by atoms with Crippen LogP contribution in [0.15, 0.2) is 40.9 Å². The van der Waals surface area contributed by atoms with Crippen molar-refractivity contribution in [3.05, 3.63) is 47.0 Å². The lowest BCUT2D eigenvalue weighted by atomic mass is 10.1. The molecule has 3 aromatic rings. The fourth-order valence-corrected chi connectivity index (χ4v) is 4.19. The SMILES string of the molecule is COc1ccc(-c2noc(NCCCN3CCN(c4cc(Cl)ccc4C)CC3)n2)cc1OC. The van der Waals surface area contributed by atoms with Crippen molar-refractivity contribution < 1.29 is 14.0 Å². The predicted molar refractivity (Wildman–Crippen MR) is 131 cm³/mol. The molecular weight excluding hydrogens is 442 g/mol. The molecule has 1 aromatic heterocycles. The fraction of sp³-hybridized carbons (Fsp3) is 0.417. The Bertz CT molecular complexity index is 1070. The Morgan fingerprint density at radius 2 is 1.82 bits per heavy atom. The van der Waals surface area contributed by atoms with Crippen molar-refractivity contribution in [3.63, 3.8) is 0 Å². The highest BCUT2D eigenvalue weighted by molar-refractivity contribution is 6.30. The summed E-state index contributed by atoms with van der Waals surface area (Å²) in [4.78, 5) is 9.35. The van der Waals surface area contributed by atoms with Gasteiger partial charge in [-0.25, -0.2) is 0 Å². The van der Waals surface area contributed by atoms with Gasteiger partial charge >= 0.3 is 6.01 Å². The molecule has 0 aliphatic carbocycles. The normalized spacial score (nSPS) is 14.4. The first-order chi connectivity index (χ1) is 16.1. The molecule has 33 heavy (non-hydrogen) atoms. The number of hydrogen-bond donors (Lipinski definition) is 1. The van der Waals surface area contributed by atoms with Gasteiger partial charge in [0, 0.05) is 49.0 Å². The minimum Gasteiger partial charge on any atom is -0.493 e. The molecule has 1 N–H and O–H groups in total. The van der Waals surface area contributed by atoms with E-state index in [9.17, 15) is 0 Å². The minimum atomic E-state index is 0.418. The van der Waals surface area contributed by atoms with Crippen LogP contribution in [0.2, 0.25) is 5.02 Å². The maximum Gasteiger partial charge on any atom is 0.321 e. The van der Waals surface area contributed by atoms with Crippen molar-refractivity contribution in [3.8, 4) is 22.9 Å². The number of piperazine rings is 1. The van der Waals surface area contributed by atoms with Crippen LogP contribution in [0.25, 0.3) is 11.4 Å². The van der Waals surface area contributed by atoms with Crippen molar-refractivity contribution in [1.82, 2.24) is 15.0 Å². The van der Waals surface area contributed by atoms with Crippen LogP contribution < -0.4 is 19.7 Å². The number of aryl methyl sites for hydroxylation is 1. The number of halogens is 1. The first-order valence-electron chi connectivity index (χ1n) is 11.1. The summed E-state index contributed by atoms with van der Waals surface area (Å²) < 4.78 is 16.0. The van der Waals surface area contributed by atoms with Gasteiger partial charge in [-0.1, -0.05) is 22.8 Å². The Hall–Kier alpha value is -2.97. The van der Waals surface area contributed by atoms with E-state index < -0.39 is 0 Å². The molecule has 8 nitrogen and oxygen atoms in total. The highest BCUT2D eigenvalue weighted by Gasteiger charge is 2.18. The van der Waals surface area contributed by atoms with Crippen molar-refractivity contribution in [1.29, 1.82) is 0 Å². The van der Waals surface area contributed by atoms with Crippen LogP contribution in [0.5, 0.6) is 11.5 Å². The maximum absolute atomic E-state index is 6.19. The number of ether oxygens (including phenoxy) is 2. The van der Waals surface area contributed by atoms with Crippen LogP contribution >= 0.6 is 11.6 Å². The zero-order chi connectivity index (χ0) is 23.2. The van der Waals surface area contributed by atoms with E-state index in [2.05, 4.69) is 44.3 Å². The summed E-state index contributed by atoms with van der Waals surface area (Å²) in [6.07, 6.45) is 0.990. The van der Waals surface area contributed by atoms with E-state index in [1.54, 1.807) is 14.2 Å². The van der Waals surface area contributed by atoms with Gasteiger partial charge in [-0.2, -0.15) is 4.98 Å². The molecule has 9 heteroatoms. The molecule has 0 spiro atoms. The monoisotopic (exact) mass is 471 g/mol. The summed E-state index contributed by atoms with van der Waals surface area (Å²) in [5, 5.41) is 8.08. The van der Waals surface area contributed by atoms with Crippen molar-refractivity contribution in [2.75, 3.05) is 63.7 Å². The van der Waals surface area contributed by atoms with Crippen LogP contribution in [-0.2, 0) is 0 Å². The lowest BCUT2D eigenvalue weighted by Gasteiger charge is -2.36. The maximum atomic E-state index is 6.19. The van der Waals surface area contributed by atoms with Gasteiger partial charge in [-0.15, -0.1) is 0 Å². The smallest absolute Gasteiger partial charge is 0.321 e. The third-order valence-electron chi connectivity index (χ3n) is 5.88. The zero-order valence-electron chi connectivity index (χ0n) is 19.3. The quantitative estimate of drug-likeness (QED) is 0.462. The molecule has 176 valence electrons. The summed E-state index contributed by atoms with van der Waals surface area (Å²) in [6.45, 7) is 8.01. The molecule has 0 unspecified atom stereocenters. The van der Waals surface area contributed by atoms with Crippen molar-refractivity contribution in [2.24, 2.45) is 0 Å². The second kappa shape index (κ2) is 10.8. The molecular formula is C24H30ClN5O3. The van der Waals surface area contributed by atoms with Gasteiger partial charge in [0.05, 0.1) is 14.2 Å². The average molecular weight is 472 g/mol. The van der Waals surface area contributed by atoms with Gasteiger partial charge in [-0.3, -0.25) is 4.90 Å². The van der Waals surface area contributed by atoms with E-state index in [-0.39, 0.29) is 0 Å². The van der Waals surface area contributed by atoms with E-state index in [1.165, 1.54) is 11.3 Å². The molecule has 4 rings (SSSR count). The fourth-order valence-electron chi connectivity index (χ4n) is 4.02. The Morgan fingerprint density at radius 1 is 1.03 bits per heavy atom. The van der Waals surface area contributed by atoms with Gasteiger partial charge in [0.25, 0.3) is 0 Å². The highest BCUT2D eigenvalue weighted by Crippen LogP contribution is 2.31. The average Bonchev–Trinajstić information content (AvgIpc) is 3.32. The topological polar surface area (TPSA) is 75.9 Å². The second-order valence-electron chi connectivity index (χ2n) is 8.03. The molecule has 2 aromatic carbocycles. The lowest BCUT2D eigenvalue weighted by Crippen LogP contribution is -2.47. The number of rotatable bonds is 9. The third kappa shape index (κ3) is 5.69. The van der Waals surface area contributed by atoms with E-state index in [4.69, 9.17) is 25.6 Å². The van der Waals surface area contributed by atoms with E-state index >= 15 is 0 Å². The standard InChI is InChI=1S/C24H30ClN5O3/c1-17-5-7-19(25)16-20(17)30-13-11-29(12-14-30)10-4-9-26-24-27-23(28-33-24)18-6-8-21(31-2)22(15-18)32-3/h5-8,15-16H,4,9-14H2,1-3H3,(H,26,27,28). The first-order valence-corrected chi connectivity index (χ1v) is 11.5. The van der Waals surface area contributed by atoms with Crippen LogP contribution in [0, 0.1) is 6.92 Å². The molecule has 0 amide bonds. The number of nitrogens with zero attached hydrogens (tertiary/aromatic N) is 4. The predicted octanol–water partition coefficient (Wildman–Crippen LogP) is 4.34. The summed E-state index contributed by atoms with van der Waals surface area (Å²) in [5.74, 6) is 1.79. The zero-order valence-corrected chi connectivity index (χ0v) is 20.1. The van der Waals surface area contributed by atoms with Gasteiger partial charge in [0.1, 0.15) is 0 Å². The molecule has 0 radical (unpaired) electrons. The number of nitrogens with one attached hydrogen (secondary N) is 1. The molecule has 1 saturated heterocycles. The minimum absolute atomic E-state index is 0.418. The highest BCUT2D eigenvalue weighted by atomic mass is 35.5. The lowest BCUT2D eigenvalue weighted by molar-refractivity contribution is 0.257. The molecule has 2 heterocycles. The van der Waals surface area contributed by atoms with Crippen LogP contribution in [0.4, 0.5) is 11.7 Å². The van der Waals surface area contributed by atoms with E-state index in [0.717, 1.165) is 56.3 Å². The molecule has 1 aliphatic heterocycles. The third-order valence-corrected chi connectivity index (χ3v) is 6.11. The Balaban J connectivity index is 1.21. The molecule has 1 fully saturated rings. The van der Waals surface area contributed by atoms with E-state index in [0.29, 0.717) is 23.3 Å². The first kappa shape index (κ1) is 23.2. The van der Waals surface area contributed by atoms with Crippen LogP contribution in [-0.4, -0.2) is 68.5 Å². The Labute approximate surface area is 199 Å². The molecule has 1 aliphatic rings. The molecule has 0 atom stereocenters. The van der Waals surface area contributed by atoms with Crippen molar-refractivity contribution in [2.45, 2.75) is 13.3 Å². The number of benzene rings is 2. The molecule has 0 saturated carbocycles. The number of anilines is 2. The van der Waals surface area contributed by atoms with Gasteiger partial charge < -0.3 is 24.2 Å². The summed E-state index contributed by atoms with van der Waals surface area (Å²) in [7, 11) is 3.21. The summed E-state index contributed by atoms with van der Waals surface area (Å²) in [5.41, 5.74) is 3.31. The molecule has 0 bridgehead atoms. The number of methoxy groups -OCH3 is 2. The largest absolute Gasteiger partial charge is 0.493 e. The number of hydrogen-bond acceptors (Lipinski definition) is 8. The van der Waals surface area contributed by atoms with Crippen molar-refractivity contribution >= 4 is 23.3 Å². The Kier molecular flexibility index (Phi) is 7.57. The van der Waals surface area contributed by atoms with Crippen LogP contribution in [0.1, 0.15) is 12.0 Å². The van der Waals surface area contributed by atoms with Gasteiger partial charge in [-0.05, 0) is 55.8 Å². The van der Waals surface area contributed by atoms with Gasteiger partial charge in [0.15, 0.2) is 11.5 Å².